The second kappa shape index (κ2) is 9.71. The van der Waals surface area contributed by atoms with Crippen LogP contribution in [0.4, 0.5) is 0 Å². The van der Waals surface area contributed by atoms with Crippen molar-refractivity contribution in [3.8, 4) is 5.75 Å². The largest absolute Gasteiger partial charge is 0.497 e. The predicted octanol–water partition coefficient (Wildman–Crippen LogP) is 3.09. The van der Waals surface area contributed by atoms with Crippen molar-refractivity contribution in [3.63, 3.8) is 0 Å². The van der Waals surface area contributed by atoms with E-state index < -0.39 is 0 Å². The maximum atomic E-state index is 12.9. The number of benzene rings is 2. The molecule has 158 valence electrons. The van der Waals surface area contributed by atoms with Gasteiger partial charge in [0.15, 0.2) is 5.69 Å². The van der Waals surface area contributed by atoms with Gasteiger partial charge in [-0.3, -0.25) is 4.79 Å². The Labute approximate surface area is 180 Å². The molecular formula is C23H24N6O2. The number of carbonyl (C=O) groups is 1. The fourth-order valence-corrected chi connectivity index (χ4v) is 3.33. The number of hydrogen-bond acceptors (Lipinski definition) is 5. The van der Waals surface area contributed by atoms with Gasteiger partial charge >= 0.3 is 0 Å². The lowest BCUT2D eigenvalue weighted by atomic mass is 10.0. The number of nitrogens with one attached hydrogen (secondary N) is 1. The SMILES string of the molecule is COc1ccc(Cn2cc(C(=O)N[C@H](CCn3ccnc3)c3ccccc3)nn2)cc1. The Kier molecular flexibility index (Phi) is 6.37. The second-order valence-corrected chi connectivity index (χ2v) is 7.18. The van der Waals surface area contributed by atoms with Crippen LogP contribution in [0.5, 0.6) is 5.75 Å². The van der Waals surface area contributed by atoms with E-state index in [1.807, 2.05) is 65.4 Å². The lowest BCUT2D eigenvalue weighted by molar-refractivity contribution is 0.0928. The van der Waals surface area contributed by atoms with Crippen LogP contribution in [0, 0.1) is 0 Å². The Balaban J connectivity index is 1.43. The third-order valence-corrected chi connectivity index (χ3v) is 5.02. The van der Waals surface area contributed by atoms with E-state index in [1.54, 1.807) is 30.5 Å². The van der Waals surface area contributed by atoms with Crippen LogP contribution in [-0.2, 0) is 13.1 Å². The first kappa shape index (κ1) is 20.3. The Morgan fingerprint density at radius 3 is 2.65 bits per heavy atom. The van der Waals surface area contributed by atoms with Gasteiger partial charge in [0.05, 0.1) is 32.2 Å². The van der Waals surface area contributed by atoms with E-state index in [1.165, 1.54) is 0 Å². The highest BCUT2D eigenvalue weighted by molar-refractivity contribution is 5.92. The molecule has 0 spiro atoms. The maximum Gasteiger partial charge on any atom is 0.273 e. The minimum absolute atomic E-state index is 0.150. The van der Waals surface area contributed by atoms with Crippen molar-refractivity contribution in [3.05, 3.63) is 96.3 Å². The molecule has 31 heavy (non-hydrogen) atoms. The van der Waals surface area contributed by atoms with Gasteiger partial charge in [0.1, 0.15) is 5.75 Å². The smallest absolute Gasteiger partial charge is 0.273 e. The number of amides is 1. The van der Waals surface area contributed by atoms with Gasteiger partial charge in [0, 0.05) is 18.9 Å². The molecule has 4 rings (SSSR count). The van der Waals surface area contributed by atoms with Gasteiger partial charge < -0.3 is 14.6 Å². The van der Waals surface area contributed by atoms with E-state index in [0.717, 1.165) is 29.8 Å². The fraction of sp³-hybridized carbons (Fsp3) is 0.217. The average Bonchev–Trinajstić information content (AvgIpc) is 3.50. The lowest BCUT2D eigenvalue weighted by Gasteiger charge is -2.19. The van der Waals surface area contributed by atoms with Crippen LogP contribution in [0.2, 0.25) is 0 Å². The summed E-state index contributed by atoms with van der Waals surface area (Å²) in [6, 6.07) is 17.5. The first-order valence-corrected chi connectivity index (χ1v) is 10.1. The molecule has 8 nitrogen and oxygen atoms in total. The van der Waals surface area contributed by atoms with Crippen molar-refractivity contribution in [2.45, 2.75) is 25.6 Å². The summed E-state index contributed by atoms with van der Waals surface area (Å²) in [5.41, 5.74) is 2.37. The molecule has 2 aromatic carbocycles. The van der Waals surface area contributed by atoms with Crippen LogP contribution in [0.3, 0.4) is 0 Å². The molecular weight excluding hydrogens is 392 g/mol. The molecule has 0 aliphatic heterocycles. The Morgan fingerprint density at radius 2 is 1.94 bits per heavy atom. The molecule has 0 fully saturated rings. The normalized spacial score (nSPS) is 11.8. The van der Waals surface area contributed by atoms with Crippen molar-refractivity contribution in [1.82, 2.24) is 29.9 Å². The van der Waals surface area contributed by atoms with Gasteiger partial charge in [0.25, 0.3) is 5.91 Å². The van der Waals surface area contributed by atoms with Gasteiger partial charge in [-0.15, -0.1) is 5.10 Å². The summed E-state index contributed by atoms with van der Waals surface area (Å²) in [7, 11) is 1.63. The molecule has 0 aliphatic rings. The van der Waals surface area contributed by atoms with Crippen LogP contribution < -0.4 is 10.1 Å². The summed E-state index contributed by atoms with van der Waals surface area (Å²) in [5.74, 6) is 0.547. The second-order valence-electron chi connectivity index (χ2n) is 7.18. The van der Waals surface area contributed by atoms with Gasteiger partial charge in [0.2, 0.25) is 0 Å². The molecule has 1 amide bonds. The molecule has 0 aliphatic carbocycles. The van der Waals surface area contributed by atoms with E-state index in [2.05, 4.69) is 20.6 Å². The number of carbonyl (C=O) groups excluding carboxylic acids is 1. The van der Waals surface area contributed by atoms with E-state index >= 15 is 0 Å². The Bertz CT molecular complexity index is 1090. The standard InChI is InChI=1S/C23H24N6O2/c1-31-20-9-7-18(8-10-20)15-29-16-22(26-27-29)23(30)25-21(19-5-3-2-4-6-19)11-13-28-14-12-24-17-28/h2-10,12,14,16-17,21H,11,13,15H2,1H3,(H,25,30)/t21-/m1/s1. The molecule has 2 aromatic heterocycles. The molecule has 1 N–H and O–H groups in total. The number of rotatable bonds is 9. The first-order chi connectivity index (χ1) is 15.2. The van der Waals surface area contributed by atoms with Gasteiger partial charge in [-0.05, 0) is 29.7 Å². The number of hydrogen-bond donors (Lipinski definition) is 1. The van der Waals surface area contributed by atoms with Crippen molar-refractivity contribution in [1.29, 1.82) is 0 Å². The minimum atomic E-state index is -0.250. The molecule has 2 heterocycles. The molecule has 4 aromatic rings. The minimum Gasteiger partial charge on any atom is -0.497 e. The number of methoxy groups -OCH3 is 1. The average molecular weight is 416 g/mol. The fourth-order valence-electron chi connectivity index (χ4n) is 3.33. The van der Waals surface area contributed by atoms with Crippen LogP contribution >= 0.6 is 0 Å². The van der Waals surface area contributed by atoms with Crippen LogP contribution in [-0.4, -0.2) is 37.6 Å². The zero-order valence-corrected chi connectivity index (χ0v) is 17.3. The van der Waals surface area contributed by atoms with E-state index in [9.17, 15) is 4.79 Å². The molecule has 0 bridgehead atoms. The number of aromatic nitrogens is 5. The molecule has 0 radical (unpaired) electrons. The summed E-state index contributed by atoms with van der Waals surface area (Å²) in [6.07, 6.45) is 7.82. The topological polar surface area (TPSA) is 86.9 Å². The summed E-state index contributed by atoms with van der Waals surface area (Å²) < 4.78 is 8.82. The molecule has 1 atom stereocenters. The highest BCUT2D eigenvalue weighted by Crippen LogP contribution is 2.18. The van der Waals surface area contributed by atoms with E-state index in [-0.39, 0.29) is 17.6 Å². The molecule has 0 unspecified atom stereocenters. The number of ether oxygens (including phenoxy) is 1. The third-order valence-electron chi connectivity index (χ3n) is 5.02. The van der Waals surface area contributed by atoms with Crippen molar-refractivity contribution in [2.24, 2.45) is 0 Å². The predicted molar refractivity (Wildman–Crippen MR) is 116 cm³/mol. The third kappa shape index (κ3) is 5.36. The van der Waals surface area contributed by atoms with Crippen LogP contribution in [0.15, 0.2) is 79.5 Å². The summed E-state index contributed by atoms with van der Waals surface area (Å²) in [4.78, 5) is 17.0. The first-order valence-electron chi connectivity index (χ1n) is 10.1. The highest BCUT2D eigenvalue weighted by Gasteiger charge is 2.18. The van der Waals surface area contributed by atoms with E-state index in [4.69, 9.17) is 4.74 Å². The van der Waals surface area contributed by atoms with Gasteiger partial charge in [-0.2, -0.15) is 0 Å². The zero-order chi connectivity index (χ0) is 21.5. The summed E-state index contributed by atoms with van der Waals surface area (Å²) >= 11 is 0. The summed E-state index contributed by atoms with van der Waals surface area (Å²) in [5, 5.41) is 11.3. The lowest BCUT2D eigenvalue weighted by Crippen LogP contribution is -2.29. The summed E-state index contributed by atoms with van der Waals surface area (Å²) in [6.45, 7) is 1.26. The monoisotopic (exact) mass is 416 g/mol. The maximum absolute atomic E-state index is 12.9. The van der Waals surface area contributed by atoms with Crippen molar-refractivity contribution >= 4 is 5.91 Å². The number of nitrogens with zero attached hydrogens (tertiary/aromatic N) is 5. The Hall–Kier alpha value is -3.94. The van der Waals surface area contributed by atoms with Crippen LogP contribution in [0.25, 0.3) is 0 Å². The van der Waals surface area contributed by atoms with Crippen LogP contribution in [0.1, 0.15) is 34.1 Å². The number of aryl methyl sites for hydroxylation is 1. The van der Waals surface area contributed by atoms with Crippen molar-refractivity contribution < 1.29 is 9.53 Å². The number of imidazole rings is 1. The zero-order valence-electron chi connectivity index (χ0n) is 17.3. The van der Waals surface area contributed by atoms with Crippen molar-refractivity contribution in [2.75, 3.05) is 7.11 Å². The Morgan fingerprint density at radius 1 is 1.13 bits per heavy atom. The van der Waals surface area contributed by atoms with Gasteiger partial charge in [-0.1, -0.05) is 47.7 Å². The highest BCUT2D eigenvalue weighted by atomic mass is 16.5. The quantitative estimate of drug-likeness (QED) is 0.453. The molecule has 0 saturated carbocycles. The molecule has 8 heteroatoms. The molecule has 0 saturated heterocycles. The van der Waals surface area contributed by atoms with Gasteiger partial charge in [-0.25, -0.2) is 9.67 Å². The van der Waals surface area contributed by atoms with E-state index in [0.29, 0.717) is 6.54 Å².